The highest BCUT2D eigenvalue weighted by atomic mass is 31.2. The Morgan fingerprint density at radius 3 is 1.69 bits per heavy atom. The Hall–Kier alpha value is -3.68. The molecule has 0 aromatic heterocycles. The van der Waals surface area contributed by atoms with Gasteiger partial charge in [-0.05, 0) is 45.3 Å². The molecule has 0 aliphatic carbocycles. The van der Waals surface area contributed by atoms with Crippen LogP contribution < -0.4 is 15.9 Å². The smallest absolute Gasteiger partial charge is 0.252 e. The third-order valence-electron chi connectivity index (χ3n) is 6.36. The number of rotatable bonds is 3. The van der Waals surface area contributed by atoms with Crippen LogP contribution in [0.1, 0.15) is 21.7 Å². The molecule has 3 nitrogen and oxygen atoms in total. The van der Waals surface area contributed by atoms with Crippen molar-refractivity contribution < 1.29 is 9.36 Å². The maximum Gasteiger partial charge on any atom is 0.252 e. The fourth-order valence-corrected chi connectivity index (χ4v) is 7.79. The minimum absolute atomic E-state index is 0.174. The van der Waals surface area contributed by atoms with Crippen LogP contribution in [-0.2, 0) is 4.57 Å². The molecule has 0 spiro atoms. The van der Waals surface area contributed by atoms with Crippen LogP contribution in [0.3, 0.4) is 0 Å². The van der Waals surface area contributed by atoms with Crippen molar-refractivity contribution in [2.75, 3.05) is 0 Å². The van der Waals surface area contributed by atoms with Gasteiger partial charge in [-0.1, -0.05) is 91.0 Å². The molecule has 0 saturated heterocycles. The van der Waals surface area contributed by atoms with E-state index in [1.54, 1.807) is 6.07 Å². The highest BCUT2D eigenvalue weighted by Crippen LogP contribution is 2.58. The van der Waals surface area contributed by atoms with Crippen molar-refractivity contribution in [3.63, 3.8) is 0 Å². The average molecular weight is 433 g/mol. The van der Waals surface area contributed by atoms with Gasteiger partial charge in [0.15, 0.2) is 7.14 Å². The molecule has 0 fully saturated rings. The van der Waals surface area contributed by atoms with Gasteiger partial charge in [-0.2, -0.15) is 0 Å². The zero-order valence-corrected chi connectivity index (χ0v) is 18.1. The summed E-state index contributed by atoms with van der Waals surface area (Å²) in [4.78, 5) is 12.8. The molecule has 1 heterocycles. The molecule has 1 atom stereocenters. The predicted molar refractivity (Wildman–Crippen MR) is 131 cm³/mol. The van der Waals surface area contributed by atoms with Crippen LogP contribution in [0.25, 0.3) is 21.5 Å². The first-order chi connectivity index (χ1) is 15.6. The minimum Gasteiger partial charge on any atom is -0.338 e. The summed E-state index contributed by atoms with van der Waals surface area (Å²) in [6.07, 6.45) is 0. The van der Waals surface area contributed by atoms with Crippen molar-refractivity contribution in [2.24, 2.45) is 0 Å². The summed E-state index contributed by atoms with van der Waals surface area (Å²) >= 11 is 0. The molecule has 0 unspecified atom stereocenters. The molecular weight excluding hydrogens is 413 g/mol. The summed E-state index contributed by atoms with van der Waals surface area (Å²) in [7, 11) is -3.28. The summed E-state index contributed by atoms with van der Waals surface area (Å²) in [5.41, 5.74) is 1.39. The molecule has 0 radical (unpaired) electrons. The van der Waals surface area contributed by atoms with Crippen LogP contribution in [0.15, 0.2) is 109 Å². The highest BCUT2D eigenvalue weighted by molar-refractivity contribution is 7.79. The van der Waals surface area contributed by atoms with Crippen molar-refractivity contribution in [1.82, 2.24) is 5.32 Å². The molecular formula is C28H20NO2P. The van der Waals surface area contributed by atoms with Crippen LogP contribution >= 0.6 is 7.14 Å². The third-order valence-corrected chi connectivity index (χ3v) is 9.59. The van der Waals surface area contributed by atoms with Gasteiger partial charge >= 0.3 is 0 Å². The normalized spacial score (nSPS) is 15.6. The molecule has 0 bridgehead atoms. The number of amides is 1. The molecule has 32 heavy (non-hydrogen) atoms. The molecule has 154 valence electrons. The highest BCUT2D eigenvalue weighted by Gasteiger charge is 2.44. The van der Waals surface area contributed by atoms with Crippen molar-refractivity contribution in [3.05, 3.63) is 120 Å². The van der Waals surface area contributed by atoms with Crippen molar-refractivity contribution in [3.8, 4) is 0 Å². The lowest BCUT2D eigenvalue weighted by molar-refractivity contribution is 0.0964. The van der Waals surface area contributed by atoms with Crippen LogP contribution in [0.2, 0.25) is 0 Å². The number of hydrogen-bond donors (Lipinski definition) is 1. The zero-order valence-electron chi connectivity index (χ0n) is 17.2. The van der Waals surface area contributed by atoms with Gasteiger partial charge in [0, 0.05) is 16.2 Å². The molecule has 5 aromatic carbocycles. The van der Waals surface area contributed by atoms with Gasteiger partial charge < -0.3 is 9.88 Å². The SMILES string of the molecule is O=C1N[C@@H](P(=O)(c2ccc3ccccc3c2)c2ccc3ccccc3c2)c2ccccc21. The lowest BCUT2D eigenvalue weighted by Gasteiger charge is -2.27. The molecule has 5 aromatic rings. The van der Waals surface area contributed by atoms with Crippen molar-refractivity contribution in [1.29, 1.82) is 0 Å². The zero-order chi connectivity index (χ0) is 21.7. The van der Waals surface area contributed by atoms with Crippen LogP contribution in [0.4, 0.5) is 0 Å². The molecule has 0 saturated carbocycles. The molecule has 1 N–H and O–H groups in total. The maximum absolute atomic E-state index is 15.2. The predicted octanol–water partition coefficient (Wildman–Crippen LogP) is 5.75. The molecule has 6 rings (SSSR count). The molecule has 1 amide bonds. The fourth-order valence-electron chi connectivity index (χ4n) is 4.72. The first-order valence-electron chi connectivity index (χ1n) is 10.6. The first-order valence-corrected chi connectivity index (χ1v) is 12.4. The van der Waals surface area contributed by atoms with E-state index >= 15 is 4.57 Å². The van der Waals surface area contributed by atoms with E-state index in [0.29, 0.717) is 5.56 Å². The molecule has 1 aliphatic heterocycles. The van der Waals surface area contributed by atoms with Crippen LogP contribution in [-0.4, -0.2) is 5.91 Å². The van der Waals surface area contributed by atoms with Gasteiger partial charge in [-0.3, -0.25) is 4.79 Å². The lowest BCUT2D eigenvalue weighted by atomic mass is 10.1. The largest absolute Gasteiger partial charge is 0.338 e. The van der Waals surface area contributed by atoms with E-state index < -0.39 is 12.9 Å². The summed E-state index contributed by atoms with van der Waals surface area (Å²) in [5.74, 6) is -0.777. The number of benzene rings is 5. The monoisotopic (exact) mass is 433 g/mol. The van der Waals surface area contributed by atoms with Gasteiger partial charge in [0.1, 0.15) is 5.78 Å². The Balaban J connectivity index is 1.64. The van der Waals surface area contributed by atoms with E-state index in [-0.39, 0.29) is 5.91 Å². The van der Waals surface area contributed by atoms with E-state index in [4.69, 9.17) is 0 Å². The summed E-state index contributed by atoms with van der Waals surface area (Å²) < 4.78 is 15.2. The Bertz CT molecular complexity index is 1490. The van der Waals surface area contributed by atoms with Gasteiger partial charge in [0.2, 0.25) is 0 Å². The second-order valence-corrected chi connectivity index (χ2v) is 11.0. The van der Waals surface area contributed by atoms with Crippen molar-refractivity contribution >= 4 is 45.2 Å². The lowest BCUT2D eigenvalue weighted by Crippen LogP contribution is -2.28. The van der Waals surface area contributed by atoms with E-state index in [0.717, 1.165) is 37.7 Å². The quantitative estimate of drug-likeness (QED) is 0.368. The fraction of sp³-hybridized carbons (Fsp3) is 0.0357. The van der Waals surface area contributed by atoms with E-state index in [2.05, 4.69) is 5.32 Å². The molecule has 4 heteroatoms. The van der Waals surface area contributed by atoms with Crippen molar-refractivity contribution in [2.45, 2.75) is 5.78 Å². The summed E-state index contributed by atoms with van der Waals surface area (Å²) in [5, 5.41) is 8.79. The number of hydrogen-bond acceptors (Lipinski definition) is 2. The van der Waals surface area contributed by atoms with E-state index in [1.165, 1.54) is 0 Å². The second kappa shape index (κ2) is 7.19. The van der Waals surface area contributed by atoms with Crippen LogP contribution in [0, 0.1) is 0 Å². The summed E-state index contributed by atoms with van der Waals surface area (Å²) in [6, 6.07) is 35.5. The standard InChI is InChI=1S/C28H20NO2P/c30-27-25-11-5-6-12-26(25)28(29-27)32(31,23-15-13-19-7-1-3-9-21(19)17-23)24-16-14-20-8-2-4-10-22(20)18-24/h1-18,28H,(H,29,30)/t28-/m0/s1. The number of carbonyl (C=O) groups excluding carboxylic acids is 1. The number of nitrogens with one attached hydrogen (secondary N) is 1. The minimum atomic E-state index is -3.28. The Kier molecular flexibility index (Phi) is 4.28. The topological polar surface area (TPSA) is 46.2 Å². The number of carbonyl (C=O) groups is 1. The average Bonchev–Trinajstić information content (AvgIpc) is 3.20. The number of fused-ring (bicyclic) bond motifs is 3. The van der Waals surface area contributed by atoms with Gasteiger partial charge in [0.05, 0.1) is 0 Å². The summed E-state index contributed by atoms with van der Waals surface area (Å²) in [6.45, 7) is 0. The molecule has 1 aliphatic rings. The van der Waals surface area contributed by atoms with E-state index in [9.17, 15) is 4.79 Å². The third kappa shape index (κ3) is 2.82. The van der Waals surface area contributed by atoms with E-state index in [1.807, 2.05) is 103 Å². The van der Waals surface area contributed by atoms with Crippen LogP contribution in [0.5, 0.6) is 0 Å². The Labute approximate surface area is 186 Å². The van der Waals surface area contributed by atoms with Gasteiger partial charge in [-0.25, -0.2) is 0 Å². The maximum atomic E-state index is 15.2. The Morgan fingerprint density at radius 2 is 1.09 bits per heavy atom. The second-order valence-electron chi connectivity index (χ2n) is 8.18. The first kappa shape index (κ1) is 19.0. The van der Waals surface area contributed by atoms with Gasteiger partial charge in [-0.15, -0.1) is 0 Å². The Morgan fingerprint density at radius 1 is 0.594 bits per heavy atom. The van der Waals surface area contributed by atoms with Gasteiger partial charge in [0.25, 0.3) is 5.91 Å².